The number of carbonyl (C=O) groups is 1. The van der Waals surface area contributed by atoms with Gasteiger partial charge in [-0.25, -0.2) is 0 Å². The van der Waals surface area contributed by atoms with Crippen LogP contribution < -0.4 is 10.6 Å². The van der Waals surface area contributed by atoms with Crippen LogP contribution in [-0.2, 0) is 17.8 Å². The average molecular weight is 287 g/mol. The second-order valence-corrected chi connectivity index (χ2v) is 6.83. The Morgan fingerprint density at radius 1 is 1.33 bits per heavy atom. The Morgan fingerprint density at radius 2 is 2.05 bits per heavy atom. The van der Waals surface area contributed by atoms with Crippen molar-refractivity contribution >= 4 is 5.91 Å². The number of nitrogens with zero attached hydrogens (tertiary/aromatic N) is 1. The quantitative estimate of drug-likeness (QED) is 0.873. The van der Waals surface area contributed by atoms with Gasteiger partial charge in [-0.2, -0.15) is 0 Å². The smallest absolute Gasteiger partial charge is 0.225 e. The van der Waals surface area contributed by atoms with Gasteiger partial charge in [-0.1, -0.05) is 24.3 Å². The zero-order chi connectivity index (χ0) is 14.9. The van der Waals surface area contributed by atoms with Crippen LogP contribution >= 0.6 is 0 Å². The molecule has 1 aromatic carbocycles. The molecule has 2 aliphatic heterocycles. The van der Waals surface area contributed by atoms with Crippen molar-refractivity contribution in [2.75, 3.05) is 26.2 Å². The van der Waals surface area contributed by atoms with Gasteiger partial charge in [-0.15, -0.1) is 0 Å². The molecule has 0 bridgehead atoms. The molecule has 0 aromatic heterocycles. The van der Waals surface area contributed by atoms with Crippen molar-refractivity contribution in [3.8, 4) is 0 Å². The molecule has 1 aromatic rings. The minimum atomic E-state index is -0.0135. The summed E-state index contributed by atoms with van der Waals surface area (Å²) in [7, 11) is 0. The Kier molecular flexibility index (Phi) is 4.00. The highest BCUT2D eigenvalue weighted by Crippen LogP contribution is 2.25. The van der Waals surface area contributed by atoms with E-state index in [1.54, 1.807) is 0 Å². The lowest BCUT2D eigenvalue weighted by molar-refractivity contribution is -0.127. The van der Waals surface area contributed by atoms with Crippen LogP contribution in [-0.4, -0.2) is 42.5 Å². The highest BCUT2D eigenvalue weighted by atomic mass is 16.2. The summed E-state index contributed by atoms with van der Waals surface area (Å²) in [5, 5.41) is 6.27. The van der Waals surface area contributed by atoms with Gasteiger partial charge in [0.25, 0.3) is 0 Å². The topological polar surface area (TPSA) is 44.4 Å². The summed E-state index contributed by atoms with van der Waals surface area (Å²) in [5.74, 6) is 0.363. The monoisotopic (exact) mass is 287 g/mol. The molecule has 0 spiro atoms. The number of carbonyl (C=O) groups excluding carboxylic acids is 1. The van der Waals surface area contributed by atoms with Crippen molar-refractivity contribution in [1.82, 2.24) is 15.5 Å². The van der Waals surface area contributed by atoms with E-state index in [0.29, 0.717) is 6.54 Å². The normalized spacial score (nSPS) is 19.7. The lowest BCUT2D eigenvalue weighted by Crippen LogP contribution is -2.56. The first-order valence-electron chi connectivity index (χ1n) is 7.86. The molecule has 4 nitrogen and oxygen atoms in total. The van der Waals surface area contributed by atoms with E-state index in [4.69, 9.17) is 0 Å². The molecule has 3 rings (SSSR count). The minimum Gasteiger partial charge on any atom is -0.354 e. The maximum Gasteiger partial charge on any atom is 0.225 e. The maximum absolute atomic E-state index is 12.0. The fourth-order valence-corrected chi connectivity index (χ4v) is 3.05. The van der Waals surface area contributed by atoms with E-state index < -0.39 is 0 Å². The standard InChI is InChI=1S/C17H25N3O/c1-17(2,12-19-16(21)15-9-18-10-15)20-8-7-13-5-3-4-6-14(13)11-20/h3-6,15,18H,7-12H2,1-2H3,(H,19,21). The number of benzene rings is 1. The van der Waals surface area contributed by atoms with Crippen LogP contribution in [0.5, 0.6) is 0 Å². The summed E-state index contributed by atoms with van der Waals surface area (Å²) in [4.78, 5) is 14.5. The third-order valence-electron chi connectivity index (χ3n) is 4.83. The Hall–Kier alpha value is -1.39. The van der Waals surface area contributed by atoms with E-state index in [-0.39, 0.29) is 17.4 Å². The molecule has 21 heavy (non-hydrogen) atoms. The molecule has 1 amide bonds. The summed E-state index contributed by atoms with van der Waals surface area (Å²) in [5.41, 5.74) is 2.88. The zero-order valence-corrected chi connectivity index (χ0v) is 13.0. The number of rotatable bonds is 4. The lowest BCUT2D eigenvalue weighted by atomic mass is 9.93. The zero-order valence-electron chi connectivity index (χ0n) is 13.0. The van der Waals surface area contributed by atoms with Crippen LogP contribution in [0.3, 0.4) is 0 Å². The van der Waals surface area contributed by atoms with Crippen LogP contribution in [0.15, 0.2) is 24.3 Å². The Bertz CT molecular complexity index is 523. The third kappa shape index (κ3) is 3.11. The van der Waals surface area contributed by atoms with Crippen LogP contribution in [0.2, 0.25) is 0 Å². The van der Waals surface area contributed by atoms with E-state index in [0.717, 1.165) is 32.6 Å². The van der Waals surface area contributed by atoms with Crippen molar-refractivity contribution in [1.29, 1.82) is 0 Å². The van der Waals surface area contributed by atoms with E-state index in [1.807, 2.05) is 0 Å². The number of fused-ring (bicyclic) bond motifs is 1. The molecule has 2 heterocycles. The number of amides is 1. The lowest BCUT2D eigenvalue weighted by Gasteiger charge is -2.42. The first kappa shape index (κ1) is 14.5. The summed E-state index contributed by atoms with van der Waals surface area (Å²) in [6, 6.07) is 8.68. The molecule has 2 N–H and O–H groups in total. The van der Waals surface area contributed by atoms with Crippen molar-refractivity contribution in [3.05, 3.63) is 35.4 Å². The van der Waals surface area contributed by atoms with Crippen molar-refractivity contribution in [2.24, 2.45) is 5.92 Å². The van der Waals surface area contributed by atoms with Gasteiger partial charge < -0.3 is 10.6 Å². The largest absolute Gasteiger partial charge is 0.354 e. The highest BCUT2D eigenvalue weighted by molar-refractivity contribution is 5.80. The number of hydrogen-bond donors (Lipinski definition) is 2. The van der Waals surface area contributed by atoms with Crippen molar-refractivity contribution in [2.45, 2.75) is 32.4 Å². The fourth-order valence-electron chi connectivity index (χ4n) is 3.05. The summed E-state index contributed by atoms with van der Waals surface area (Å²) in [6.45, 7) is 8.84. The SMILES string of the molecule is CC(C)(CNC(=O)C1CNC1)N1CCc2ccccc2C1. The van der Waals surface area contributed by atoms with Crippen LogP contribution in [0, 0.1) is 5.92 Å². The van der Waals surface area contributed by atoms with Crippen molar-refractivity contribution < 1.29 is 4.79 Å². The molecular weight excluding hydrogens is 262 g/mol. The van der Waals surface area contributed by atoms with Gasteiger partial charge >= 0.3 is 0 Å². The minimum absolute atomic E-state index is 0.0135. The first-order valence-corrected chi connectivity index (χ1v) is 7.86. The summed E-state index contributed by atoms with van der Waals surface area (Å²) >= 11 is 0. The molecule has 0 saturated carbocycles. The second kappa shape index (κ2) is 5.78. The third-order valence-corrected chi connectivity index (χ3v) is 4.83. The molecule has 2 aliphatic rings. The van der Waals surface area contributed by atoms with Gasteiger partial charge in [0.1, 0.15) is 0 Å². The number of nitrogens with one attached hydrogen (secondary N) is 2. The van der Waals surface area contributed by atoms with Crippen LogP contribution in [0.4, 0.5) is 0 Å². The van der Waals surface area contributed by atoms with E-state index in [2.05, 4.69) is 53.6 Å². The highest BCUT2D eigenvalue weighted by Gasteiger charge is 2.31. The van der Waals surface area contributed by atoms with E-state index >= 15 is 0 Å². The van der Waals surface area contributed by atoms with Gasteiger partial charge in [0.15, 0.2) is 0 Å². The molecular formula is C17H25N3O. The number of hydrogen-bond acceptors (Lipinski definition) is 3. The van der Waals surface area contributed by atoms with Crippen LogP contribution in [0.1, 0.15) is 25.0 Å². The average Bonchev–Trinajstić information content (AvgIpc) is 2.43. The molecule has 114 valence electrons. The predicted molar refractivity (Wildman–Crippen MR) is 84.0 cm³/mol. The second-order valence-electron chi connectivity index (χ2n) is 6.83. The van der Waals surface area contributed by atoms with Gasteiger partial charge in [0.2, 0.25) is 5.91 Å². The summed E-state index contributed by atoms with van der Waals surface area (Å²) < 4.78 is 0. The van der Waals surface area contributed by atoms with Gasteiger partial charge in [0.05, 0.1) is 5.92 Å². The van der Waals surface area contributed by atoms with Gasteiger partial charge in [0, 0.05) is 38.3 Å². The van der Waals surface area contributed by atoms with Crippen molar-refractivity contribution in [3.63, 3.8) is 0 Å². The van der Waals surface area contributed by atoms with E-state index in [9.17, 15) is 4.79 Å². The molecule has 0 atom stereocenters. The van der Waals surface area contributed by atoms with Gasteiger partial charge in [-0.05, 0) is 31.4 Å². The first-order chi connectivity index (χ1) is 10.1. The molecule has 1 fully saturated rings. The molecule has 0 aliphatic carbocycles. The molecule has 0 unspecified atom stereocenters. The summed E-state index contributed by atoms with van der Waals surface area (Å²) in [6.07, 6.45) is 1.10. The van der Waals surface area contributed by atoms with Crippen LogP contribution in [0.25, 0.3) is 0 Å². The Labute approximate surface area is 126 Å². The molecule has 0 radical (unpaired) electrons. The predicted octanol–water partition coefficient (Wildman–Crippen LogP) is 1.16. The Balaban J connectivity index is 1.58. The molecule has 1 saturated heterocycles. The fraction of sp³-hybridized carbons (Fsp3) is 0.588. The van der Waals surface area contributed by atoms with E-state index in [1.165, 1.54) is 11.1 Å². The maximum atomic E-state index is 12.0. The molecule has 4 heteroatoms. The Morgan fingerprint density at radius 3 is 2.71 bits per heavy atom. The van der Waals surface area contributed by atoms with Gasteiger partial charge in [-0.3, -0.25) is 9.69 Å².